The maximum absolute atomic E-state index is 11.7. The van der Waals surface area contributed by atoms with E-state index in [0.717, 1.165) is 0 Å². The maximum Gasteiger partial charge on any atom is 0.246 e. The van der Waals surface area contributed by atoms with E-state index in [-0.39, 0.29) is 11.8 Å². The fourth-order valence-corrected chi connectivity index (χ4v) is 2.37. The molecule has 0 aromatic carbocycles. The first-order valence-corrected chi connectivity index (χ1v) is 10.6. The molecule has 0 aromatic heterocycles. The summed E-state index contributed by atoms with van der Waals surface area (Å²) in [6, 6.07) is -1.33. The van der Waals surface area contributed by atoms with Gasteiger partial charge in [0.2, 0.25) is 35.4 Å². The summed E-state index contributed by atoms with van der Waals surface area (Å²) >= 11 is 0. The Kier molecular flexibility index (Phi) is 15.8. The predicted octanol–water partition coefficient (Wildman–Crippen LogP) is -1.97. The van der Waals surface area contributed by atoms with E-state index in [1.807, 2.05) is 0 Å². The normalized spacial score (nSPS) is 15.4. The molecule has 0 rings (SSSR count). The molecule has 0 saturated heterocycles. The smallest absolute Gasteiger partial charge is 0.246 e. The number of carbonyl (C=O) groups excluding carboxylic acids is 6. The highest BCUT2D eigenvalue weighted by Crippen LogP contribution is 2.12. The van der Waals surface area contributed by atoms with Gasteiger partial charge in [-0.05, 0) is 13.8 Å². The van der Waals surface area contributed by atoms with Crippen molar-refractivity contribution in [3.8, 4) is 0 Å². The van der Waals surface area contributed by atoms with Crippen molar-refractivity contribution in [1.29, 1.82) is 0 Å². The van der Waals surface area contributed by atoms with Crippen molar-refractivity contribution in [3.05, 3.63) is 0 Å². The molecule has 6 atom stereocenters. The van der Waals surface area contributed by atoms with Gasteiger partial charge >= 0.3 is 0 Å². The Bertz CT molecular complexity index is 672. The standard InChI is InChI=1S/2C10H19N3O4/c2*1-5(6(2)9(15)13-17)8(14)12-7(3)10(16)11-4/h2*5-7,17H,1-4H3,(H,11,16)(H,12,14)(H,13,15)/t5-,6+,7+;5-,6+,7-/m10/s1. The lowest BCUT2D eigenvalue weighted by atomic mass is 9.94. The van der Waals surface area contributed by atoms with Gasteiger partial charge in [-0.2, -0.15) is 0 Å². The summed E-state index contributed by atoms with van der Waals surface area (Å²) in [5.41, 5.74) is 2.98. The number of likely N-dealkylation sites (N-methyl/N-ethyl adjacent to an activating group) is 2. The van der Waals surface area contributed by atoms with Gasteiger partial charge < -0.3 is 21.3 Å². The number of carbonyl (C=O) groups is 6. The number of hydrogen-bond acceptors (Lipinski definition) is 8. The van der Waals surface area contributed by atoms with Crippen LogP contribution in [-0.4, -0.2) is 72.0 Å². The second-order valence-electron chi connectivity index (χ2n) is 7.80. The highest BCUT2D eigenvalue weighted by molar-refractivity contribution is 5.91. The molecule has 196 valence electrons. The zero-order chi connectivity index (χ0) is 27.2. The SMILES string of the molecule is CNC(=O)[C@H](C)NC(=O)[C@@H](C)[C@@H](C)C(=O)NO.CNC(=O)[C@H](C)NC(=O)[C@H](C)[C@H](C)C(=O)NO. The fourth-order valence-electron chi connectivity index (χ4n) is 2.37. The summed E-state index contributed by atoms with van der Waals surface area (Å²) in [7, 11) is 2.94. The molecule has 8 N–H and O–H groups in total. The van der Waals surface area contributed by atoms with Crippen LogP contribution in [0, 0.1) is 23.7 Å². The first-order valence-electron chi connectivity index (χ1n) is 10.6. The van der Waals surface area contributed by atoms with Crippen LogP contribution in [0.4, 0.5) is 0 Å². The van der Waals surface area contributed by atoms with Crippen molar-refractivity contribution in [2.75, 3.05) is 14.1 Å². The van der Waals surface area contributed by atoms with E-state index in [2.05, 4.69) is 21.3 Å². The van der Waals surface area contributed by atoms with Crippen LogP contribution >= 0.6 is 0 Å². The Morgan fingerprint density at radius 3 is 0.912 bits per heavy atom. The molecule has 0 spiro atoms. The minimum absolute atomic E-state index is 0.315. The van der Waals surface area contributed by atoms with Crippen LogP contribution in [0.3, 0.4) is 0 Å². The van der Waals surface area contributed by atoms with E-state index in [4.69, 9.17) is 10.4 Å². The molecule has 0 saturated carbocycles. The molecule has 0 unspecified atom stereocenters. The van der Waals surface area contributed by atoms with Gasteiger partial charge in [0.25, 0.3) is 0 Å². The summed E-state index contributed by atoms with van der Waals surface area (Å²) in [6.07, 6.45) is 0. The van der Waals surface area contributed by atoms with E-state index >= 15 is 0 Å². The van der Waals surface area contributed by atoms with E-state index in [0.29, 0.717) is 0 Å². The predicted molar refractivity (Wildman–Crippen MR) is 120 cm³/mol. The summed E-state index contributed by atoms with van der Waals surface area (Å²) < 4.78 is 0. The Morgan fingerprint density at radius 1 is 0.471 bits per heavy atom. The third-order valence-corrected chi connectivity index (χ3v) is 5.37. The van der Waals surface area contributed by atoms with Crippen LogP contribution in [0.5, 0.6) is 0 Å². The summed E-state index contributed by atoms with van der Waals surface area (Å²) in [6.45, 7) is 9.21. The van der Waals surface area contributed by atoms with Gasteiger partial charge in [-0.1, -0.05) is 27.7 Å². The van der Waals surface area contributed by atoms with Crippen LogP contribution in [-0.2, 0) is 28.8 Å². The minimum atomic E-state index is -0.683. The van der Waals surface area contributed by atoms with E-state index < -0.39 is 59.4 Å². The van der Waals surface area contributed by atoms with E-state index in [1.165, 1.54) is 38.9 Å². The first-order chi connectivity index (χ1) is 15.7. The third-order valence-electron chi connectivity index (χ3n) is 5.37. The maximum atomic E-state index is 11.7. The highest BCUT2D eigenvalue weighted by atomic mass is 16.5. The molecule has 0 heterocycles. The number of hydrogen-bond donors (Lipinski definition) is 8. The average Bonchev–Trinajstić information content (AvgIpc) is 2.84. The molecule has 0 aliphatic carbocycles. The summed E-state index contributed by atoms with van der Waals surface area (Å²) in [5.74, 6) is -5.40. The average molecular weight is 491 g/mol. The Morgan fingerprint density at radius 2 is 0.706 bits per heavy atom. The topological polar surface area (TPSA) is 215 Å². The quantitative estimate of drug-likeness (QED) is 0.127. The molecule has 0 aromatic rings. The van der Waals surface area contributed by atoms with Gasteiger partial charge in [-0.3, -0.25) is 39.2 Å². The molecular weight excluding hydrogens is 452 g/mol. The Labute approximate surface area is 198 Å². The third kappa shape index (κ3) is 11.0. The largest absolute Gasteiger partial charge is 0.357 e. The number of amides is 6. The van der Waals surface area contributed by atoms with Gasteiger partial charge in [0.15, 0.2) is 0 Å². The monoisotopic (exact) mass is 490 g/mol. The molecule has 0 aliphatic heterocycles. The van der Waals surface area contributed by atoms with Crippen LogP contribution in [0.2, 0.25) is 0 Å². The lowest BCUT2D eigenvalue weighted by molar-refractivity contribution is -0.139. The van der Waals surface area contributed by atoms with Gasteiger partial charge in [0.1, 0.15) is 12.1 Å². The van der Waals surface area contributed by atoms with Gasteiger partial charge in [-0.25, -0.2) is 11.0 Å². The van der Waals surface area contributed by atoms with Gasteiger partial charge in [-0.15, -0.1) is 0 Å². The van der Waals surface area contributed by atoms with Crippen molar-refractivity contribution in [1.82, 2.24) is 32.2 Å². The van der Waals surface area contributed by atoms with Crippen molar-refractivity contribution >= 4 is 35.4 Å². The minimum Gasteiger partial charge on any atom is -0.357 e. The van der Waals surface area contributed by atoms with Gasteiger partial charge in [0, 0.05) is 37.8 Å². The van der Waals surface area contributed by atoms with Crippen molar-refractivity contribution in [2.24, 2.45) is 23.7 Å². The lowest BCUT2D eigenvalue weighted by Gasteiger charge is -2.20. The molecule has 0 aliphatic rings. The Hall–Kier alpha value is -3.26. The van der Waals surface area contributed by atoms with Crippen LogP contribution in [0.15, 0.2) is 0 Å². The molecule has 0 bridgehead atoms. The van der Waals surface area contributed by atoms with E-state index in [1.54, 1.807) is 27.7 Å². The van der Waals surface area contributed by atoms with Gasteiger partial charge in [0.05, 0.1) is 0 Å². The molecule has 0 fully saturated rings. The zero-order valence-corrected chi connectivity index (χ0v) is 20.8. The molecule has 14 heteroatoms. The highest BCUT2D eigenvalue weighted by Gasteiger charge is 2.28. The molecule has 6 amide bonds. The van der Waals surface area contributed by atoms with E-state index in [9.17, 15) is 28.8 Å². The molecule has 34 heavy (non-hydrogen) atoms. The number of rotatable bonds is 10. The summed E-state index contributed by atoms with van der Waals surface area (Å²) in [5, 5.41) is 26.7. The lowest BCUT2D eigenvalue weighted by Crippen LogP contribution is -2.47. The Balaban J connectivity index is 0. The second-order valence-corrected chi connectivity index (χ2v) is 7.80. The molecule has 14 nitrogen and oxygen atoms in total. The number of hydroxylamine groups is 2. The summed E-state index contributed by atoms with van der Waals surface area (Å²) in [4.78, 5) is 68.0. The van der Waals surface area contributed by atoms with Crippen molar-refractivity contribution < 1.29 is 39.2 Å². The van der Waals surface area contributed by atoms with Crippen molar-refractivity contribution in [2.45, 2.75) is 53.6 Å². The molecule has 0 radical (unpaired) electrons. The van der Waals surface area contributed by atoms with Crippen LogP contribution < -0.4 is 32.2 Å². The second kappa shape index (κ2) is 16.4. The number of nitrogens with one attached hydrogen (secondary N) is 6. The van der Waals surface area contributed by atoms with Crippen molar-refractivity contribution in [3.63, 3.8) is 0 Å². The zero-order valence-electron chi connectivity index (χ0n) is 20.8. The first kappa shape index (κ1) is 32.9. The van der Waals surface area contributed by atoms with Crippen LogP contribution in [0.25, 0.3) is 0 Å². The molecular formula is C20H38N6O8. The van der Waals surface area contributed by atoms with Crippen LogP contribution in [0.1, 0.15) is 41.5 Å². The fraction of sp³-hybridized carbons (Fsp3) is 0.700.